The van der Waals surface area contributed by atoms with Crippen molar-refractivity contribution in [2.24, 2.45) is 5.73 Å². The summed E-state index contributed by atoms with van der Waals surface area (Å²) >= 11 is 1.38. The van der Waals surface area contributed by atoms with Crippen LogP contribution < -0.4 is 5.73 Å². The maximum Gasteiger partial charge on any atom is 0.148 e. The molecule has 4 nitrogen and oxygen atoms in total. The van der Waals surface area contributed by atoms with E-state index < -0.39 is 15.4 Å². The van der Waals surface area contributed by atoms with E-state index in [0.29, 0.717) is 11.5 Å². The quantitative estimate of drug-likeness (QED) is 0.792. The second-order valence-corrected chi connectivity index (χ2v) is 7.50. The Hall–Kier alpha value is -1.03. The van der Waals surface area contributed by atoms with Crippen LogP contribution in [0.4, 0.5) is 0 Å². The number of nitrogens with zero attached hydrogens (tertiary/aromatic N) is 1. The maximum absolute atomic E-state index is 11.0. The lowest BCUT2D eigenvalue weighted by molar-refractivity contribution is 0.603. The van der Waals surface area contributed by atoms with Crippen LogP contribution >= 0.6 is 11.8 Å². The molecule has 0 radical (unpaired) electrons. The first-order valence-corrected chi connectivity index (χ1v) is 8.60. The third kappa shape index (κ3) is 4.69. The minimum absolute atomic E-state index is 0.105. The van der Waals surface area contributed by atoms with Gasteiger partial charge >= 0.3 is 0 Å². The van der Waals surface area contributed by atoms with Gasteiger partial charge in [0.2, 0.25) is 0 Å². The molecule has 2 N–H and O–H groups in total. The number of hydrogen-bond acceptors (Lipinski definition) is 5. The summed E-state index contributed by atoms with van der Waals surface area (Å²) in [5.41, 5.74) is 5.72. The molecule has 1 aromatic carbocycles. The van der Waals surface area contributed by atoms with Crippen LogP contribution in [0, 0.1) is 11.3 Å². The summed E-state index contributed by atoms with van der Waals surface area (Å²) in [7, 11) is -2.96. The zero-order valence-electron chi connectivity index (χ0n) is 10.2. The van der Waals surface area contributed by atoms with E-state index in [1.54, 1.807) is 12.1 Å². The molecule has 1 unspecified atom stereocenters. The van der Waals surface area contributed by atoms with Crippen LogP contribution in [0.1, 0.15) is 5.56 Å². The number of nitrogens with two attached hydrogens (primary N) is 1. The average molecular weight is 284 g/mol. The van der Waals surface area contributed by atoms with Crippen molar-refractivity contribution < 1.29 is 8.42 Å². The molecule has 1 aromatic rings. The highest BCUT2D eigenvalue weighted by Crippen LogP contribution is 2.22. The summed E-state index contributed by atoms with van der Waals surface area (Å²) in [6.07, 6.45) is 1.20. The van der Waals surface area contributed by atoms with Crippen molar-refractivity contribution in [2.75, 3.05) is 23.5 Å². The first kappa shape index (κ1) is 15.0. The van der Waals surface area contributed by atoms with Crippen LogP contribution in [0.15, 0.2) is 30.3 Å². The molecule has 0 heterocycles. The third-order valence-corrected chi connectivity index (χ3v) is 4.77. The van der Waals surface area contributed by atoms with E-state index >= 15 is 0 Å². The van der Waals surface area contributed by atoms with Gasteiger partial charge in [-0.1, -0.05) is 30.3 Å². The Kier molecular flexibility index (Phi) is 5.20. The highest BCUT2D eigenvalue weighted by atomic mass is 32.2. The number of nitriles is 1. The van der Waals surface area contributed by atoms with Gasteiger partial charge in [-0.15, -0.1) is 0 Å². The van der Waals surface area contributed by atoms with Crippen molar-refractivity contribution >= 4 is 21.6 Å². The maximum atomic E-state index is 11.0. The lowest BCUT2D eigenvalue weighted by Crippen LogP contribution is -2.38. The zero-order valence-corrected chi connectivity index (χ0v) is 11.8. The van der Waals surface area contributed by atoms with E-state index in [9.17, 15) is 13.7 Å². The molecule has 0 saturated heterocycles. The zero-order chi connectivity index (χ0) is 13.6. The van der Waals surface area contributed by atoms with Crippen molar-refractivity contribution in [3.8, 4) is 6.07 Å². The Balaban J connectivity index is 2.60. The minimum atomic E-state index is -2.96. The molecule has 18 heavy (non-hydrogen) atoms. The predicted octanol–water partition coefficient (Wildman–Crippen LogP) is 1.14. The Morgan fingerprint density at radius 1 is 1.39 bits per heavy atom. The van der Waals surface area contributed by atoms with Gasteiger partial charge in [0.15, 0.2) is 0 Å². The summed E-state index contributed by atoms with van der Waals surface area (Å²) < 4.78 is 22.0. The van der Waals surface area contributed by atoms with Gasteiger partial charge in [0, 0.05) is 17.8 Å². The van der Waals surface area contributed by atoms with Gasteiger partial charge in [0.05, 0.1) is 11.8 Å². The number of rotatable bonds is 6. The van der Waals surface area contributed by atoms with Crippen molar-refractivity contribution in [3.63, 3.8) is 0 Å². The number of thioether (sulfide) groups is 1. The van der Waals surface area contributed by atoms with Crippen molar-refractivity contribution in [2.45, 2.75) is 5.54 Å². The predicted molar refractivity (Wildman–Crippen MR) is 75.0 cm³/mol. The molecule has 0 amide bonds. The molecule has 98 valence electrons. The average Bonchev–Trinajstić information content (AvgIpc) is 2.34. The smallest absolute Gasteiger partial charge is 0.148 e. The molecule has 1 rings (SSSR count). The third-order valence-electron chi connectivity index (χ3n) is 2.42. The fourth-order valence-electron chi connectivity index (χ4n) is 1.36. The largest absolute Gasteiger partial charge is 0.309 e. The van der Waals surface area contributed by atoms with Crippen LogP contribution in [-0.4, -0.2) is 31.9 Å². The standard InChI is InChI=1S/C12H16N2O2S2/c1-18(15,16)8-7-17-10-12(14,9-13)11-5-3-2-4-6-11/h2-6H,7-8,10,14H2,1H3. The molecule has 6 heteroatoms. The molecule has 0 aliphatic carbocycles. The molecule has 0 aliphatic heterocycles. The minimum Gasteiger partial charge on any atom is -0.309 e. The van der Waals surface area contributed by atoms with Crippen LogP contribution in [0.25, 0.3) is 0 Å². The summed E-state index contributed by atoms with van der Waals surface area (Å²) in [6.45, 7) is 0. The first-order chi connectivity index (χ1) is 8.37. The Morgan fingerprint density at radius 3 is 2.50 bits per heavy atom. The molecule has 0 fully saturated rings. The molecule has 0 aromatic heterocycles. The monoisotopic (exact) mass is 284 g/mol. The van der Waals surface area contributed by atoms with Gasteiger partial charge in [-0.25, -0.2) is 8.42 Å². The number of benzene rings is 1. The van der Waals surface area contributed by atoms with E-state index in [4.69, 9.17) is 5.73 Å². The van der Waals surface area contributed by atoms with E-state index in [0.717, 1.165) is 5.56 Å². The summed E-state index contributed by atoms with van der Waals surface area (Å²) in [6, 6.07) is 11.2. The van der Waals surface area contributed by atoms with Gasteiger partial charge in [0.25, 0.3) is 0 Å². The molecular formula is C12H16N2O2S2. The molecule has 0 bridgehead atoms. The molecule has 0 saturated carbocycles. The highest BCUT2D eigenvalue weighted by molar-refractivity contribution is 8.00. The highest BCUT2D eigenvalue weighted by Gasteiger charge is 2.26. The number of hydrogen-bond donors (Lipinski definition) is 1. The topological polar surface area (TPSA) is 83.9 Å². The van der Waals surface area contributed by atoms with E-state index in [-0.39, 0.29) is 5.75 Å². The first-order valence-electron chi connectivity index (χ1n) is 5.38. The van der Waals surface area contributed by atoms with E-state index in [2.05, 4.69) is 6.07 Å². The lowest BCUT2D eigenvalue weighted by atomic mass is 9.95. The molecular weight excluding hydrogens is 268 g/mol. The Labute approximate surface area is 112 Å². The second kappa shape index (κ2) is 6.23. The SMILES string of the molecule is CS(=O)(=O)CCSCC(N)(C#N)c1ccccc1. The molecule has 1 atom stereocenters. The van der Waals surface area contributed by atoms with Crippen LogP contribution in [-0.2, 0) is 15.4 Å². The fraction of sp³-hybridized carbons (Fsp3) is 0.417. The van der Waals surface area contributed by atoms with E-state index in [1.807, 2.05) is 18.2 Å². The molecule has 0 aliphatic rings. The van der Waals surface area contributed by atoms with Crippen LogP contribution in [0.2, 0.25) is 0 Å². The van der Waals surface area contributed by atoms with Gasteiger partial charge < -0.3 is 5.73 Å². The van der Waals surface area contributed by atoms with Gasteiger partial charge in [-0.2, -0.15) is 17.0 Å². The van der Waals surface area contributed by atoms with Crippen molar-refractivity contribution in [3.05, 3.63) is 35.9 Å². The van der Waals surface area contributed by atoms with Crippen molar-refractivity contribution in [1.29, 1.82) is 5.26 Å². The Bertz CT molecular complexity index is 523. The summed E-state index contributed by atoms with van der Waals surface area (Å²) in [4.78, 5) is 0. The van der Waals surface area contributed by atoms with Crippen LogP contribution in [0.3, 0.4) is 0 Å². The fourth-order valence-corrected chi connectivity index (χ4v) is 3.74. The van der Waals surface area contributed by atoms with Gasteiger partial charge in [-0.3, -0.25) is 0 Å². The van der Waals surface area contributed by atoms with Gasteiger partial charge in [-0.05, 0) is 5.56 Å². The Morgan fingerprint density at radius 2 is 2.00 bits per heavy atom. The second-order valence-electron chi connectivity index (χ2n) is 4.13. The summed E-state index contributed by atoms with van der Waals surface area (Å²) in [5, 5.41) is 9.19. The van der Waals surface area contributed by atoms with Crippen molar-refractivity contribution in [1.82, 2.24) is 0 Å². The summed E-state index contributed by atoms with van der Waals surface area (Å²) in [5.74, 6) is 0.934. The lowest BCUT2D eigenvalue weighted by Gasteiger charge is -2.21. The number of sulfone groups is 1. The van der Waals surface area contributed by atoms with Crippen LogP contribution in [0.5, 0.6) is 0 Å². The normalized spacial score (nSPS) is 14.7. The van der Waals surface area contributed by atoms with E-state index in [1.165, 1.54) is 18.0 Å². The molecule has 0 spiro atoms. The van der Waals surface area contributed by atoms with Gasteiger partial charge in [0.1, 0.15) is 15.4 Å².